The fraction of sp³-hybridized carbons (Fsp3) is 0.300. The standard InChI is InChI=1S/C10H9Cl2N3O3/c11-7-3-5(18-15-7)1-4-2-6(13)8(12)9(14-4)10(16)17/h2,5H,1,3H2,(H2,13,14)(H,16,17). The van der Waals surface area contributed by atoms with Crippen LogP contribution in [-0.2, 0) is 11.3 Å². The lowest BCUT2D eigenvalue weighted by Gasteiger charge is -2.10. The molecule has 96 valence electrons. The maximum Gasteiger partial charge on any atom is 0.356 e. The highest BCUT2D eigenvalue weighted by atomic mass is 35.5. The van der Waals surface area contributed by atoms with E-state index in [1.54, 1.807) is 0 Å². The lowest BCUT2D eigenvalue weighted by atomic mass is 10.1. The predicted molar refractivity (Wildman–Crippen MR) is 67.1 cm³/mol. The van der Waals surface area contributed by atoms with Gasteiger partial charge in [0, 0.05) is 18.5 Å². The third kappa shape index (κ3) is 2.65. The molecule has 18 heavy (non-hydrogen) atoms. The Morgan fingerprint density at radius 1 is 1.61 bits per heavy atom. The van der Waals surface area contributed by atoms with Crippen LogP contribution in [-0.4, -0.2) is 27.3 Å². The number of halogens is 2. The van der Waals surface area contributed by atoms with E-state index in [0.717, 1.165) is 0 Å². The fourth-order valence-electron chi connectivity index (χ4n) is 1.59. The van der Waals surface area contributed by atoms with Crippen molar-refractivity contribution >= 4 is 40.0 Å². The van der Waals surface area contributed by atoms with Gasteiger partial charge in [-0.25, -0.2) is 9.78 Å². The zero-order valence-electron chi connectivity index (χ0n) is 9.06. The first-order valence-electron chi connectivity index (χ1n) is 5.03. The van der Waals surface area contributed by atoms with Crippen molar-refractivity contribution in [3.63, 3.8) is 0 Å². The van der Waals surface area contributed by atoms with Crippen LogP contribution in [0.3, 0.4) is 0 Å². The molecule has 2 rings (SSSR count). The number of hydrogen-bond donors (Lipinski definition) is 2. The van der Waals surface area contributed by atoms with Crippen LogP contribution in [0, 0.1) is 0 Å². The van der Waals surface area contributed by atoms with Gasteiger partial charge in [0.25, 0.3) is 0 Å². The molecule has 8 heteroatoms. The Morgan fingerprint density at radius 2 is 2.33 bits per heavy atom. The van der Waals surface area contributed by atoms with Crippen LogP contribution in [0.1, 0.15) is 22.6 Å². The molecule has 0 fully saturated rings. The lowest BCUT2D eigenvalue weighted by Crippen LogP contribution is -2.14. The first kappa shape index (κ1) is 12.9. The second kappa shape index (κ2) is 4.99. The number of aromatic nitrogens is 1. The van der Waals surface area contributed by atoms with Gasteiger partial charge in [-0.15, -0.1) is 0 Å². The number of oxime groups is 1. The molecule has 0 aliphatic carbocycles. The Bertz CT molecular complexity index is 533. The van der Waals surface area contributed by atoms with Gasteiger partial charge >= 0.3 is 5.97 Å². The third-order valence-electron chi connectivity index (χ3n) is 2.38. The molecule has 1 unspecified atom stereocenters. The summed E-state index contributed by atoms with van der Waals surface area (Å²) in [7, 11) is 0. The van der Waals surface area contributed by atoms with E-state index < -0.39 is 5.97 Å². The molecule has 2 heterocycles. The average Bonchev–Trinajstić information content (AvgIpc) is 2.68. The lowest BCUT2D eigenvalue weighted by molar-refractivity contribution is 0.0688. The smallest absolute Gasteiger partial charge is 0.356 e. The molecule has 3 N–H and O–H groups in total. The van der Waals surface area contributed by atoms with Crippen LogP contribution in [0.15, 0.2) is 11.2 Å². The largest absolute Gasteiger partial charge is 0.476 e. The van der Waals surface area contributed by atoms with Crippen molar-refractivity contribution in [3.05, 3.63) is 22.5 Å². The van der Waals surface area contributed by atoms with Crippen LogP contribution >= 0.6 is 23.2 Å². The molecular weight excluding hydrogens is 281 g/mol. The molecule has 1 aromatic rings. The molecule has 6 nitrogen and oxygen atoms in total. The topological polar surface area (TPSA) is 97.8 Å². The highest BCUT2D eigenvalue weighted by Crippen LogP contribution is 2.25. The van der Waals surface area contributed by atoms with E-state index in [1.807, 2.05) is 0 Å². The summed E-state index contributed by atoms with van der Waals surface area (Å²) < 4.78 is 0. The number of pyridine rings is 1. The fourth-order valence-corrected chi connectivity index (χ4v) is 1.98. The summed E-state index contributed by atoms with van der Waals surface area (Å²) in [6.07, 6.45) is 0.572. The van der Waals surface area contributed by atoms with Crippen LogP contribution in [0.2, 0.25) is 5.02 Å². The number of anilines is 1. The van der Waals surface area contributed by atoms with Gasteiger partial charge in [-0.1, -0.05) is 28.4 Å². The van der Waals surface area contributed by atoms with E-state index in [9.17, 15) is 4.79 Å². The zero-order valence-corrected chi connectivity index (χ0v) is 10.6. The molecule has 1 atom stereocenters. The number of carbonyl (C=O) groups is 1. The molecule has 1 aliphatic rings. The minimum atomic E-state index is -1.23. The van der Waals surface area contributed by atoms with Gasteiger partial charge < -0.3 is 15.7 Å². The normalized spacial score (nSPS) is 18.3. The number of nitrogen functional groups attached to an aromatic ring is 1. The van der Waals surface area contributed by atoms with Crippen LogP contribution in [0.5, 0.6) is 0 Å². The molecule has 0 saturated heterocycles. The summed E-state index contributed by atoms with van der Waals surface area (Å²) in [4.78, 5) is 19.9. The summed E-state index contributed by atoms with van der Waals surface area (Å²) in [5.74, 6) is -1.23. The van der Waals surface area contributed by atoms with Gasteiger partial charge in [-0.3, -0.25) is 0 Å². The molecule has 1 aromatic heterocycles. The second-order valence-corrected chi connectivity index (χ2v) is 4.59. The van der Waals surface area contributed by atoms with E-state index in [1.165, 1.54) is 6.07 Å². The third-order valence-corrected chi connectivity index (χ3v) is 3.00. The van der Waals surface area contributed by atoms with E-state index in [-0.39, 0.29) is 22.5 Å². The number of nitrogens with zero attached hydrogens (tertiary/aromatic N) is 2. The van der Waals surface area contributed by atoms with Gasteiger partial charge in [-0.2, -0.15) is 0 Å². The Hall–Kier alpha value is -1.53. The summed E-state index contributed by atoms with van der Waals surface area (Å²) >= 11 is 11.4. The Morgan fingerprint density at radius 3 is 2.89 bits per heavy atom. The van der Waals surface area contributed by atoms with Gasteiger partial charge in [0.05, 0.1) is 10.7 Å². The molecular formula is C10H9Cl2N3O3. The van der Waals surface area contributed by atoms with E-state index >= 15 is 0 Å². The molecule has 0 amide bonds. The summed E-state index contributed by atoms with van der Waals surface area (Å²) in [6, 6.07) is 1.52. The Kier molecular flexibility index (Phi) is 3.58. The molecule has 0 spiro atoms. The summed E-state index contributed by atoms with van der Waals surface area (Å²) in [6.45, 7) is 0. The first-order valence-corrected chi connectivity index (χ1v) is 5.79. The summed E-state index contributed by atoms with van der Waals surface area (Å²) in [5, 5.41) is 12.8. The summed E-state index contributed by atoms with van der Waals surface area (Å²) in [5.41, 5.74) is 6.01. The van der Waals surface area contributed by atoms with Gasteiger partial charge in [0.15, 0.2) is 5.69 Å². The second-order valence-electron chi connectivity index (χ2n) is 3.77. The highest BCUT2D eigenvalue weighted by Gasteiger charge is 2.22. The quantitative estimate of drug-likeness (QED) is 0.886. The van der Waals surface area contributed by atoms with Crippen LogP contribution < -0.4 is 5.73 Å². The number of aromatic carboxylic acids is 1. The van der Waals surface area contributed by atoms with Crippen molar-refractivity contribution in [2.75, 3.05) is 5.73 Å². The zero-order chi connectivity index (χ0) is 13.3. The number of hydrogen-bond acceptors (Lipinski definition) is 5. The van der Waals surface area contributed by atoms with Crippen LogP contribution in [0.25, 0.3) is 0 Å². The number of carboxylic acids is 1. The minimum absolute atomic E-state index is 0.0622. The van der Waals surface area contributed by atoms with Crippen molar-refractivity contribution in [2.45, 2.75) is 18.9 Å². The van der Waals surface area contributed by atoms with Crippen molar-refractivity contribution in [3.8, 4) is 0 Å². The highest BCUT2D eigenvalue weighted by molar-refractivity contribution is 6.65. The first-order chi connectivity index (χ1) is 8.47. The molecule has 0 radical (unpaired) electrons. The maximum atomic E-state index is 10.9. The molecule has 0 aromatic carbocycles. The van der Waals surface area contributed by atoms with E-state index in [2.05, 4.69) is 10.1 Å². The van der Waals surface area contributed by atoms with E-state index in [0.29, 0.717) is 23.7 Å². The van der Waals surface area contributed by atoms with Crippen molar-refractivity contribution < 1.29 is 14.7 Å². The van der Waals surface area contributed by atoms with Gasteiger partial charge in [-0.05, 0) is 6.07 Å². The maximum absolute atomic E-state index is 10.9. The predicted octanol–water partition coefficient (Wildman–Crippen LogP) is 1.90. The molecule has 0 bridgehead atoms. The number of carboxylic acid groups (broad SMARTS) is 1. The van der Waals surface area contributed by atoms with E-state index in [4.69, 9.17) is 38.9 Å². The molecule has 0 saturated carbocycles. The number of nitrogens with two attached hydrogens (primary N) is 1. The SMILES string of the molecule is Nc1cc(CC2CC(Cl)=NO2)nc(C(=O)O)c1Cl. The Balaban J connectivity index is 2.21. The Labute approximate surface area is 112 Å². The van der Waals surface area contributed by atoms with Crippen molar-refractivity contribution in [1.82, 2.24) is 4.98 Å². The van der Waals surface area contributed by atoms with Crippen molar-refractivity contribution in [1.29, 1.82) is 0 Å². The molecule has 1 aliphatic heterocycles. The van der Waals surface area contributed by atoms with Gasteiger partial charge in [0.2, 0.25) is 0 Å². The van der Waals surface area contributed by atoms with Crippen molar-refractivity contribution in [2.24, 2.45) is 5.16 Å². The monoisotopic (exact) mass is 289 g/mol. The van der Waals surface area contributed by atoms with Crippen LogP contribution in [0.4, 0.5) is 5.69 Å². The van der Waals surface area contributed by atoms with Gasteiger partial charge in [0.1, 0.15) is 11.3 Å². The average molecular weight is 290 g/mol. The number of rotatable bonds is 3. The minimum Gasteiger partial charge on any atom is -0.476 e.